The third-order valence-corrected chi connectivity index (χ3v) is 4.10. The van der Waals surface area contributed by atoms with Gasteiger partial charge < -0.3 is 20.1 Å². The number of benzene rings is 1. The SMILES string of the molecule is CCOCCCNC(=NCc1ccc(OC)cc1)NCc1cscn1. The summed E-state index contributed by atoms with van der Waals surface area (Å²) in [5.41, 5.74) is 3.98. The molecule has 25 heavy (non-hydrogen) atoms. The highest BCUT2D eigenvalue weighted by Crippen LogP contribution is 2.11. The van der Waals surface area contributed by atoms with E-state index < -0.39 is 0 Å². The molecule has 0 fully saturated rings. The average Bonchev–Trinajstić information content (AvgIpc) is 3.17. The smallest absolute Gasteiger partial charge is 0.191 e. The normalized spacial score (nSPS) is 11.4. The van der Waals surface area contributed by atoms with Gasteiger partial charge in [0.05, 0.1) is 31.4 Å². The summed E-state index contributed by atoms with van der Waals surface area (Å²) in [6.45, 7) is 5.57. The number of nitrogens with one attached hydrogen (secondary N) is 2. The van der Waals surface area contributed by atoms with E-state index in [0.717, 1.165) is 49.1 Å². The van der Waals surface area contributed by atoms with Crippen LogP contribution in [0.2, 0.25) is 0 Å². The number of ether oxygens (including phenoxy) is 2. The van der Waals surface area contributed by atoms with E-state index in [9.17, 15) is 0 Å². The van der Waals surface area contributed by atoms with Crippen molar-refractivity contribution in [3.8, 4) is 5.75 Å². The summed E-state index contributed by atoms with van der Waals surface area (Å²) >= 11 is 1.59. The van der Waals surface area contributed by atoms with Crippen LogP contribution in [0.15, 0.2) is 40.1 Å². The summed E-state index contributed by atoms with van der Waals surface area (Å²) in [5.74, 6) is 1.63. The molecule has 0 radical (unpaired) electrons. The summed E-state index contributed by atoms with van der Waals surface area (Å²) in [7, 11) is 1.67. The molecule has 1 heterocycles. The Kier molecular flexibility index (Phi) is 8.79. The van der Waals surface area contributed by atoms with E-state index >= 15 is 0 Å². The highest BCUT2D eigenvalue weighted by atomic mass is 32.1. The first-order valence-electron chi connectivity index (χ1n) is 8.41. The zero-order chi connectivity index (χ0) is 17.7. The van der Waals surface area contributed by atoms with Gasteiger partial charge in [0.25, 0.3) is 0 Å². The molecule has 7 heteroatoms. The molecule has 0 bridgehead atoms. The quantitative estimate of drug-likeness (QED) is 0.386. The largest absolute Gasteiger partial charge is 0.497 e. The second kappa shape index (κ2) is 11.4. The summed E-state index contributed by atoms with van der Waals surface area (Å²) in [6.07, 6.45) is 0.938. The predicted molar refractivity (Wildman–Crippen MR) is 102 cm³/mol. The first kappa shape index (κ1) is 19.2. The van der Waals surface area contributed by atoms with Gasteiger partial charge in [-0.2, -0.15) is 0 Å². The molecule has 0 saturated carbocycles. The maximum absolute atomic E-state index is 5.36. The van der Waals surface area contributed by atoms with Gasteiger partial charge >= 0.3 is 0 Å². The van der Waals surface area contributed by atoms with Gasteiger partial charge in [0.15, 0.2) is 5.96 Å². The average molecular weight is 362 g/mol. The summed E-state index contributed by atoms with van der Waals surface area (Å²) < 4.78 is 10.5. The van der Waals surface area contributed by atoms with Gasteiger partial charge in [-0.3, -0.25) is 0 Å². The number of aromatic nitrogens is 1. The Bertz CT molecular complexity index is 615. The van der Waals surface area contributed by atoms with Crippen LogP contribution in [-0.4, -0.2) is 37.8 Å². The lowest BCUT2D eigenvalue weighted by Crippen LogP contribution is -2.37. The first-order chi connectivity index (χ1) is 12.3. The number of methoxy groups -OCH3 is 1. The van der Waals surface area contributed by atoms with Crippen molar-refractivity contribution in [2.75, 3.05) is 26.9 Å². The molecule has 6 nitrogen and oxygen atoms in total. The van der Waals surface area contributed by atoms with Crippen molar-refractivity contribution in [1.29, 1.82) is 0 Å². The van der Waals surface area contributed by atoms with Gasteiger partial charge in [-0.15, -0.1) is 11.3 Å². The van der Waals surface area contributed by atoms with Gasteiger partial charge in [0, 0.05) is 25.1 Å². The molecule has 1 aromatic heterocycles. The maximum Gasteiger partial charge on any atom is 0.191 e. The summed E-state index contributed by atoms with van der Waals surface area (Å²) in [4.78, 5) is 8.94. The zero-order valence-corrected chi connectivity index (χ0v) is 15.6. The number of rotatable bonds is 10. The number of aliphatic imine (C=N–C) groups is 1. The fourth-order valence-corrected chi connectivity index (χ4v) is 2.66. The van der Waals surface area contributed by atoms with Gasteiger partial charge in [0.1, 0.15) is 5.75 Å². The van der Waals surface area contributed by atoms with Crippen LogP contribution in [0.4, 0.5) is 0 Å². The van der Waals surface area contributed by atoms with Crippen LogP contribution >= 0.6 is 11.3 Å². The molecular formula is C18H26N4O2S. The molecule has 136 valence electrons. The Morgan fingerprint density at radius 1 is 1.24 bits per heavy atom. The molecule has 1 aromatic carbocycles. The Morgan fingerprint density at radius 2 is 2.08 bits per heavy atom. The van der Waals surface area contributed by atoms with Crippen LogP contribution in [0.3, 0.4) is 0 Å². The van der Waals surface area contributed by atoms with Crippen LogP contribution in [0.1, 0.15) is 24.6 Å². The third kappa shape index (κ3) is 7.53. The number of nitrogens with zero attached hydrogens (tertiary/aromatic N) is 2. The Balaban J connectivity index is 1.88. The van der Waals surface area contributed by atoms with Crippen LogP contribution in [0.25, 0.3) is 0 Å². The van der Waals surface area contributed by atoms with Gasteiger partial charge in [-0.25, -0.2) is 9.98 Å². The van der Waals surface area contributed by atoms with Gasteiger partial charge in [-0.05, 0) is 31.0 Å². The minimum absolute atomic E-state index is 0.599. The Morgan fingerprint density at radius 3 is 2.76 bits per heavy atom. The molecule has 2 N–H and O–H groups in total. The molecule has 0 aliphatic rings. The van der Waals surface area contributed by atoms with Crippen LogP contribution in [-0.2, 0) is 17.8 Å². The van der Waals surface area contributed by atoms with Gasteiger partial charge in [-0.1, -0.05) is 12.1 Å². The van der Waals surface area contributed by atoms with E-state index in [1.54, 1.807) is 18.4 Å². The second-order valence-electron chi connectivity index (χ2n) is 5.32. The lowest BCUT2D eigenvalue weighted by molar-refractivity contribution is 0.145. The minimum atomic E-state index is 0.599. The third-order valence-electron chi connectivity index (χ3n) is 3.46. The first-order valence-corrected chi connectivity index (χ1v) is 9.36. The van der Waals surface area contributed by atoms with Crippen molar-refractivity contribution >= 4 is 17.3 Å². The maximum atomic E-state index is 5.36. The van der Waals surface area contributed by atoms with Crippen LogP contribution in [0, 0.1) is 0 Å². The molecule has 0 aliphatic heterocycles. The monoisotopic (exact) mass is 362 g/mol. The zero-order valence-electron chi connectivity index (χ0n) is 14.8. The topological polar surface area (TPSA) is 67.8 Å². The van der Waals surface area contributed by atoms with Crippen LogP contribution < -0.4 is 15.4 Å². The van der Waals surface area contributed by atoms with E-state index in [4.69, 9.17) is 9.47 Å². The van der Waals surface area contributed by atoms with E-state index in [1.807, 2.05) is 42.1 Å². The number of hydrogen-bond donors (Lipinski definition) is 2. The van der Waals surface area contributed by atoms with Crippen molar-refractivity contribution in [2.24, 2.45) is 4.99 Å². The van der Waals surface area contributed by atoms with Crippen molar-refractivity contribution in [3.05, 3.63) is 46.4 Å². The van der Waals surface area contributed by atoms with Gasteiger partial charge in [0.2, 0.25) is 0 Å². The van der Waals surface area contributed by atoms with E-state index in [0.29, 0.717) is 13.1 Å². The summed E-state index contributed by atoms with van der Waals surface area (Å²) in [6, 6.07) is 7.94. The fraction of sp³-hybridized carbons (Fsp3) is 0.444. The van der Waals surface area contributed by atoms with E-state index in [1.165, 1.54) is 0 Å². The van der Waals surface area contributed by atoms with Crippen molar-refractivity contribution < 1.29 is 9.47 Å². The van der Waals surface area contributed by atoms with Crippen LogP contribution in [0.5, 0.6) is 5.75 Å². The Hall–Kier alpha value is -2.12. The molecular weight excluding hydrogens is 336 g/mol. The number of guanidine groups is 1. The standard InChI is InChI=1S/C18H26N4O2S/c1-3-24-10-4-9-19-18(21-12-16-13-25-14-22-16)20-11-15-5-7-17(23-2)8-6-15/h5-8,13-14H,3-4,9-12H2,1-2H3,(H2,19,20,21). The highest BCUT2D eigenvalue weighted by molar-refractivity contribution is 7.07. The molecule has 0 aliphatic carbocycles. The molecule has 2 aromatic rings. The van der Waals surface area contributed by atoms with E-state index in [-0.39, 0.29) is 0 Å². The fourth-order valence-electron chi connectivity index (χ4n) is 2.10. The molecule has 0 spiro atoms. The molecule has 0 amide bonds. The minimum Gasteiger partial charge on any atom is -0.497 e. The lowest BCUT2D eigenvalue weighted by Gasteiger charge is -2.12. The molecule has 0 atom stereocenters. The van der Waals surface area contributed by atoms with Crippen molar-refractivity contribution in [3.63, 3.8) is 0 Å². The summed E-state index contributed by atoms with van der Waals surface area (Å²) in [5, 5.41) is 8.70. The highest BCUT2D eigenvalue weighted by Gasteiger charge is 2.01. The second-order valence-corrected chi connectivity index (χ2v) is 6.04. The lowest BCUT2D eigenvalue weighted by atomic mass is 10.2. The predicted octanol–water partition coefficient (Wildman–Crippen LogP) is 2.81. The number of hydrogen-bond acceptors (Lipinski definition) is 5. The molecule has 0 unspecified atom stereocenters. The van der Waals surface area contributed by atoms with Crippen molar-refractivity contribution in [2.45, 2.75) is 26.4 Å². The Labute approximate surface area is 153 Å². The van der Waals surface area contributed by atoms with Crippen molar-refractivity contribution in [1.82, 2.24) is 15.6 Å². The molecule has 2 rings (SSSR count). The molecule has 0 saturated heterocycles. The van der Waals surface area contributed by atoms with E-state index in [2.05, 4.69) is 20.6 Å². The number of thiazole rings is 1.